The third kappa shape index (κ3) is 2.50. The normalized spacial score (nSPS) is 12.8. The molecule has 0 saturated heterocycles. The van der Waals surface area contributed by atoms with Crippen molar-refractivity contribution in [2.24, 2.45) is 0 Å². The van der Waals surface area contributed by atoms with E-state index in [1.807, 2.05) is 4.72 Å². The molecule has 0 amide bonds. The van der Waals surface area contributed by atoms with Crippen LogP contribution in [0.4, 0.5) is 13.2 Å². The third-order valence-electron chi connectivity index (χ3n) is 1.89. The maximum atomic E-state index is 12.3. The second-order valence-corrected chi connectivity index (χ2v) is 4.84. The molecule has 90 valence electrons. The number of nitrogens with one attached hydrogen (secondary N) is 1. The summed E-state index contributed by atoms with van der Waals surface area (Å²) in [5.74, 6) is 0. The van der Waals surface area contributed by atoms with Gasteiger partial charge in [0.15, 0.2) is 0 Å². The first-order chi connectivity index (χ1) is 7.18. The van der Waals surface area contributed by atoms with Gasteiger partial charge in [0.2, 0.25) is 10.0 Å². The van der Waals surface area contributed by atoms with Gasteiger partial charge in [-0.05, 0) is 26.1 Å². The zero-order valence-electron chi connectivity index (χ0n) is 8.46. The molecule has 16 heavy (non-hydrogen) atoms. The Balaban J connectivity index is 3.32. The van der Waals surface area contributed by atoms with Crippen molar-refractivity contribution in [3.8, 4) is 0 Å². The molecule has 1 aromatic heterocycles. The van der Waals surface area contributed by atoms with Crippen LogP contribution in [0.25, 0.3) is 0 Å². The second-order valence-electron chi connectivity index (χ2n) is 2.99. The first-order valence-corrected chi connectivity index (χ1v) is 5.65. The highest BCUT2D eigenvalue weighted by molar-refractivity contribution is 7.89. The molecule has 1 aromatic rings. The number of pyridine rings is 1. The van der Waals surface area contributed by atoms with E-state index in [4.69, 9.17) is 0 Å². The van der Waals surface area contributed by atoms with Crippen molar-refractivity contribution in [1.82, 2.24) is 9.71 Å². The summed E-state index contributed by atoms with van der Waals surface area (Å²) in [7, 11) is -2.60. The van der Waals surface area contributed by atoms with Gasteiger partial charge >= 0.3 is 6.18 Å². The van der Waals surface area contributed by atoms with Crippen molar-refractivity contribution in [3.05, 3.63) is 23.5 Å². The Morgan fingerprint density at radius 3 is 2.25 bits per heavy atom. The zero-order valence-corrected chi connectivity index (χ0v) is 9.28. The molecular weight excluding hydrogens is 245 g/mol. The van der Waals surface area contributed by atoms with E-state index in [2.05, 4.69) is 4.98 Å². The van der Waals surface area contributed by atoms with E-state index in [-0.39, 0.29) is 10.6 Å². The lowest BCUT2D eigenvalue weighted by molar-refractivity contribution is -0.141. The predicted molar refractivity (Wildman–Crippen MR) is 50.2 cm³/mol. The van der Waals surface area contributed by atoms with Gasteiger partial charge in [-0.15, -0.1) is 0 Å². The number of hydrogen-bond donors (Lipinski definition) is 1. The Labute approximate surface area is 90.6 Å². The number of aromatic nitrogens is 1. The summed E-state index contributed by atoms with van der Waals surface area (Å²) >= 11 is 0. The predicted octanol–water partition coefficient (Wildman–Crippen LogP) is 1.32. The van der Waals surface area contributed by atoms with Crippen LogP contribution >= 0.6 is 0 Å². The fourth-order valence-electron chi connectivity index (χ4n) is 1.10. The quantitative estimate of drug-likeness (QED) is 0.865. The molecule has 0 saturated carbocycles. The molecule has 0 aliphatic rings. The van der Waals surface area contributed by atoms with E-state index >= 15 is 0 Å². The highest BCUT2D eigenvalue weighted by Gasteiger charge is 2.33. The van der Waals surface area contributed by atoms with Gasteiger partial charge in [0, 0.05) is 0 Å². The van der Waals surface area contributed by atoms with Crippen LogP contribution in [0.1, 0.15) is 11.4 Å². The van der Waals surface area contributed by atoms with Gasteiger partial charge in [-0.2, -0.15) is 13.2 Å². The lowest BCUT2D eigenvalue weighted by Gasteiger charge is -2.09. The van der Waals surface area contributed by atoms with Gasteiger partial charge in [0.25, 0.3) is 0 Å². The van der Waals surface area contributed by atoms with Gasteiger partial charge in [0.1, 0.15) is 10.6 Å². The Bertz CT molecular complexity index is 496. The van der Waals surface area contributed by atoms with Crippen molar-refractivity contribution >= 4 is 10.0 Å². The van der Waals surface area contributed by atoms with E-state index < -0.39 is 21.9 Å². The molecule has 8 heteroatoms. The minimum absolute atomic E-state index is 0.191. The lowest BCUT2D eigenvalue weighted by Crippen LogP contribution is -2.21. The van der Waals surface area contributed by atoms with E-state index in [9.17, 15) is 21.6 Å². The maximum absolute atomic E-state index is 12.3. The van der Waals surface area contributed by atoms with Gasteiger partial charge in [-0.1, -0.05) is 0 Å². The van der Waals surface area contributed by atoms with Crippen molar-refractivity contribution in [2.75, 3.05) is 7.05 Å². The number of nitrogens with zero attached hydrogens (tertiary/aromatic N) is 1. The molecular formula is C8H9F3N2O2S. The topological polar surface area (TPSA) is 59.1 Å². The lowest BCUT2D eigenvalue weighted by atomic mass is 10.3. The van der Waals surface area contributed by atoms with E-state index in [1.165, 1.54) is 14.0 Å². The van der Waals surface area contributed by atoms with E-state index in [1.54, 1.807) is 0 Å². The molecule has 0 bridgehead atoms. The molecule has 0 aliphatic carbocycles. The summed E-state index contributed by atoms with van der Waals surface area (Å²) in [6.45, 7) is 1.21. The molecule has 0 aromatic carbocycles. The summed E-state index contributed by atoms with van der Waals surface area (Å²) < 4.78 is 61.5. The van der Waals surface area contributed by atoms with Crippen LogP contribution in [-0.4, -0.2) is 20.4 Å². The van der Waals surface area contributed by atoms with Gasteiger partial charge in [-0.25, -0.2) is 18.1 Å². The zero-order chi connectivity index (χ0) is 12.6. The van der Waals surface area contributed by atoms with E-state index in [0.717, 1.165) is 6.07 Å². The number of hydrogen-bond acceptors (Lipinski definition) is 3. The summed E-state index contributed by atoms with van der Waals surface area (Å²) in [6.07, 6.45) is -4.58. The van der Waals surface area contributed by atoms with Gasteiger partial charge < -0.3 is 0 Å². The fourth-order valence-corrected chi connectivity index (χ4v) is 2.00. The van der Waals surface area contributed by atoms with Crippen molar-refractivity contribution in [2.45, 2.75) is 18.0 Å². The van der Waals surface area contributed by atoms with Crippen molar-refractivity contribution in [1.29, 1.82) is 0 Å². The number of aryl methyl sites for hydroxylation is 1. The van der Waals surface area contributed by atoms with Crippen LogP contribution < -0.4 is 4.72 Å². The summed E-state index contributed by atoms with van der Waals surface area (Å²) in [5, 5.41) is 0. The van der Waals surface area contributed by atoms with E-state index in [0.29, 0.717) is 6.07 Å². The highest BCUT2D eigenvalue weighted by Crippen LogP contribution is 2.28. The summed E-state index contributed by atoms with van der Waals surface area (Å²) in [4.78, 5) is 2.95. The molecule has 1 N–H and O–H groups in total. The van der Waals surface area contributed by atoms with Gasteiger partial charge in [-0.3, -0.25) is 0 Å². The third-order valence-corrected chi connectivity index (χ3v) is 3.43. The van der Waals surface area contributed by atoms with Crippen LogP contribution in [0.15, 0.2) is 17.0 Å². The molecule has 0 atom stereocenters. The van der Waals surface area contributed by atoms with Crippen LogP contribution in [0.3, 0.4) is 0 Å². The Morgan fingerprint density at radius 1 is 1.31 bits per heavy atom. The Hall–Kier alpha value is -1.15. The highest BCUT2D eigenvalue weighted by atomic mass is 32.2. The number of rotatable bonds is 2. The van der Waals surface area contributed by atoms with Gasteiger partial charge in [0.05, 0.1) is 5.69 Å². The number of sulfonamides is 1. The first kappa shape index (κ1) is 12.9. The average Bonchev–Trinajstić information content (AvgIpc) is 2.16. The molecule has 1 heterocycles. The Morgan fingerprint density at radius 2 is 1.88 bits per heavy atom. The second kappa shape index (κ2) is 4.02. The van der Waals surface area contributed by atoms with Crippen molar-refractivity contribution < 1.29 is 21.6 Å². The van der Waals surface area contributed by atoms with Crippen LogP contribution in [-0.2, 0) is 16.2 Å². The first-order valence-electron chi connectivity index (χ1n) is 4.17. The Kier molecular flexibility index (Phi) is 3.25. The molecule has 4 nitrogen and oxygen atoms in total. The molecule has 0 radical (unpaired) electrons. The average molecular weight is 254 g/mol. The summed E-state index contributed by atoms with van der Waals surface area (Å²) in [5.41, 5.74) is -1.30. The largest absolute Gasteiger partial charge is 0.433 e. The SMILES string of the molecule is CNS(=O)(=O)c1ccc(C(F)(F)F)nc1C. The minimum Gasteiger partial charge on any atom is -0.247 e. The molecule has 0 aliphatic heterocycles. The smallest absolute Gasteiger partial charge is 0.247 e. The minimum atomic E-state index is -4.58. The molecule has 1 rings (SSSR count). The van der Waals surface area contributed by atoms with Crippen LogP contribution in [0.5, 0.6) is 0 Å². The van der Waals surface area contributed by atoms with Crippen LogP contribution in [0, 0.1) is 6.92 Å². The number of alkyl halides is 3. The standard InChI is InChI=1S/C8H9F3N2O2S/c1-5-6(16(14,15)12-2)3-4-7(13-5)8(9,10)11/h3-4,12H,1-2H3. The number of halogens is 3. The molecule has 0 unspecified atom stereocenters. The summed E-state index contributed by atoms with van der Waals surface area (Å²) in [6, 6.07) is 1.52. The fraction of sp³-hybridized carbons (Fsp3) is 0.375. The maximum Gasteiger partial charge on any atom is 0.433 e. The molecule has 0 spiro atoms. The molecule has 0 fully saturated rings. The van der Waals surface area contributed by atoms with Crippen molar-refractivity contribution in [3.63, 3.8) is 0 Å². The monoisotopic (exact) mass is 254 g/mol. The van der Waals surface area contributed by atoms with Crippen LogP contribution in [0.2, 0.25) is 0 Å².